The van der Waals surface area contributed by atoms with E-state index in [-0.39, 0.29) is 5.69 Å². The lowest BCUT2D eigenvalue weighted by Gasteiger charge is -2.18. The van der Waals surface area contributed by atoms with Crippen molar-refractivity contribution in [1.82, 2.24) is 4.98 Å². The van der Waals surface area contributed by atoms with Crippen LogP contribution in [0.2, 0.25) is 0 Å². The van der Waals surface area contributed by atoms with E-state index in [9.17, 15) is 18.0 Å². The predicted octanol–water partition coefficient (Wildman–Crippen LogP) is 4.71. The second-order valence-corrected chi connectivity index (χ2v) is 6.18. The number of fused-ring (bicyclic) bond motifs is 1. The van der Waals surface area contributed by atoms with E-state index < -0.39 is 23.1 Å². The average Bonchev–Trinajstić information content (AvgIpc) is 2.44. The summed E-state index contributed by atoms with van der Waals surface area (Å²) in [6.45, 7) is 4.71. The van der Waals surface area contributed by atoms with E-state index in [2.05, 4.69) is 10.3 Å². The Labute approximate surface area is 132 Å². The Bertz CT molecular complexity index is 753. The second-order valence-electron chi connectivity index (χ2n) is 6.18. The molecule has 0 aliphatic carbocycles. The van der Waals surface area contributed by atoms with Crippen LogP contribution < -0.4 is 5.32 Å². The van der Waals surface area contributed by atoms with Crippen LogP contribution in [0.15, 0.2) is 48.3 Å². The molecule has 0 atom stereocenters. The average molecular weight is 322 g/mol. The molecule has 1 N–H and O–H groups in total. The van der Waals surface area contributed by atoms with Gasteiger partial charge in [0, 0.05) is 23.1 Å². The maximum absolute atomic E-state index is 13.3. The number of carbonyl (C=O) groups is 1. The van der Waals surface area contributed by atoms with Gasteiger partial charge >= 0.3 is 6.18 Å². The maximum atomic E-state index is 13.3. The number of hydrogen-bond acceptors (Lipinski definition) is 3. The smallest absolute Gasteiger partial charge is 0.350 e. The van der Waals surface area contributed by atoms with Gasteiger partial charge in [-0.25, -0.2) is 0 Å². The number of para-hydroxylation sites is 1. The first kappa shape index (κ1) is 17.0. The van der Waals surface area contributed by atoms with Crippen LogP contribution in [0.4, 0.5) is 18.9 Å². The highest BCUT2D eigenvalue weighted by atomic mass is 19.4. The van der Waals surface area contributed by atoms with Gasteiger partial charge in [0.2, 0.25) is 0 Å². The second kappa shape index (κ2) is 6.02. The summed E-state index contributed by atoms with van der Waals surface area (Å²) >= 11 is 0. The van der Waals surface area contributed by atoms with Crippen LogP contribution in [-0.4, -0.2) is 16.9 Å². The first-order valence-corrected chi connectivity index (χ1v) is 7.03. The number of nitrogens with zero attached hydrogens (tertiary/aromatic N) is 1. The molecular formula is C17H17F3N2O. The number of nitrogens with one attached hydrogen (secondary N) is 1. The van der Waals surface area contributed by atoms with Crippen LogP contribution in [0.1, 0.15) is 20.8 Å². The highest BCUT2D eigenvalue weighted by molar-refractivity contribution is 5.96. The molecule has 0 unspecified atom stereocenters. The van der Waals surface area contributed by atoms with Crippen LogP contribution >= 0.6 is 0 Å². The summed E-state index contributed by atoms with van der Waals surface area (Å²) in [6.07, 6.45) is -2.55. The molecule has 6 heteroatoms. The number of aromatic nitrogens is 1. The molecule has 0 saturated carbocycles. The Morgan fingerprint density at radius 2 is 1.78 bits per heavy atom. The molecule has 0 spiro atoms. The van der Waals surface area contributed by atoms with Gasteiger partial charge in [-0.1, -0.05) is 39.0 Å². The van der Waals surface area contributed by atoms with Gasteiger partial charge in [-0.3, -0.25) is 9.78 Å². The van der Waals surface area contributed by atoms with Crippen molar-refractivity contribution in [3.05, 3.63) is 48.3 Å². The van der Waals surface area contributed by atoms with Gasteiger partial charge in [-0.15, -0.1) is 0 Å². The zero-order chi connectivity index (χ0) is 17.3. The molecule has 0 saturated heterocycles. The molecular weight excluding hydrogens is 305 g/mol. The number of hydrogen-bond donors (Lipinski definition) is 1. The Morgan fingerprint density at radius 3 is 2.39 bits per heavy atom. The van der Waals surface area contributed by atoms with Gasteiger partial charge in [0.15, 0.2) is 5.78 Å². The summed E-state index contributed by atoms with van der Waals surface area (Å²) in [5, 5.41) is 3.03. The molecule has 1 heterocycles. The number of anilines is 1. The third-order valence-corrected chi connectivity index (χ3v) is 3.22. The Hall–Kier alpha value is -2.37. The molecule has 3 nitrogen and oxygen atoms in total. The topological polar surface area (TPSA) is 42.0 Å². The molecule has 1 aromatic carbocycles. The maximum Gasteiger partial charge on any atom is 0.431 e. The van der Waals surface area contributed by atoms with E-state index in [0.717, 1.165) is 0 Å². The molecule has 0 aliphatic heterocycles. The monoisotopic (exact) mass is 322 g/mol. The van der Waals surface area contributed by atoms with Crippen LogP contribution in [0.3, 0.4) is 0 Å². The van der Waals surface area contributed by atoms with Crippen molar-refractivity contribution < 1.29 is 18.0 Å². The number of rotatable bonds is 3. The molecule has 0 amide bonds. The van der Waals surface area contributed by atoms with Gasteiger partial charge in [-0.2, -0.15) is 13.2 Å². The van der Waals surface area contributed by atoms with Crippen molar-refractivity contribution in [2.24, 2.45) is 5.41 Å². The number of alkyl halides is 3. The molecule has 122 valence electrons. The van der Waals surface area contributed by atoms with Gasteiger partial charge in [-0.05, 0) is 12.1 Å². The minimum atomic E-state index is -4.67. The number of carbonyl (C=O) groups excluding carboxylic acids is 1. The zero-order valence-electron chi connectivity index (χ0n) is 13.0. The molecule has 1 aromatic heterocycles. The Balaban J connectivity index is 2.46. The summed E-state index contributed by atoms with van der Waals surface area (Å²) in [4.78, 5) is 16.0. The van der Waals surface area contributed by atoms with Gasteiger partial charge < -0.3 is 5.32 Å². The fourth-order valence-electron chi connectivity index (χ4n) is 1.89. The van der Waals surface area contributed by atoms with E-state index in [4.69, 9.17) is 0 Å². The number of benzene rings is 1. The summed E-state index contributed by atoms with van der Waals surface area (Å²) in [5.41, 5.74) is -1.38. The van der Waals surface area contributed by atoms with Crippen molar-refractivity contribution in [2.75, 3.05) is 5.32 Å². The van der Waals surface area contributed by atoms with E-state index in [1.165, 1.54) is 12.3 Å². The fourth-order valence-corrected chi connectivity index (χ4v) is 1.89. The number of halogens is 3. The number of pyridine rings is 1. The molecule has 0 bridgehead atoms. The van der Waals surface area contributed by atoms with Crippen molar-refractivity contribution in [3.8, 4) is 0 Å². The number of ketones is 1. The molecule has 2 aromatic rings. The Morgan fingerprint density at radius 1 is 1.13 bits per heavy atom. The highest BCUT2D eigenvalue weighted by Gasteiger charge is 2.36. The van der Waals surface area contributed by atoms with Crippen LogP contribution in [0.25, 0.3) is 10.9 Å². The predicted molar refractivity (Wildman–Crippen MR) is 84.0 cm³/mol. The quantitative estimate of drug-likeness (QED) is 0.832. The largest absolute Gasteiger partial charge is 0.431 e. The van der Waals surface area contributed by atoms with Gasteiger partial charge in [0.05, 0.1) is 11.2 Å². The van der Waals surface area contributed by atoms with E-state index in [1.807, 2.05) is 0 Å². The lowest BCUT2D eigenvalue weighted by molar-refractivity contribution is -0.122. The van der Waals surface area contributed by atoms with Crippen molar-refractivity contribution in [1.29, 1.82) is 0 Å². The normalized spacial score (nSPS) is 13.2. The van der Waals surface area contributed by atoms with Gasteiger partial charge in [0.1, 0.15) is 5.70 Å². The van der Waals surface area contributed by atoms with Crippen molar-refractivity contribution in [2.45, 2.75) is 26.9 Å². The Kier molecular flexibility index (Phi) is 4.45. The molecule has 23 heavy (non-hydrogen) atoms. The highest BCUT2D eigenvalue weighted by Crippen LogP contribution is 2.31. The number of allylic oxidation sites excluding steroid dienone is 2. The third kappa shape index (κ3) is 4.09. The zero-order valence-corrected chi connectivity index (χ0v) is 13.0. The van der Waals surface area contributed by atoms with Crippen molar-refractivity contribution in [3.63, 3.8) is 0 Å². The minimum absolute atomic E-state index is 0.202. The van der Waals surface area contributed by atoms with E-state index >= 15 is 0 Å². The van der Waals surface area contributed by atoms with Crippen molar-refractivity contribution >= 4 is 22.4 Å². The first-order chi connectivity index (χ1) is 10.6. The molecule has 0 fully saturated rings. The third-order valence-electron chi connectivity index (χ3n) is 3.22. The summed E-state index contributed by atoms with van der Waals surface area (Å²) in [7, 11) is 0. The lowest BCUT2D eigenvalue weighted by Crippen LogP contribution is -2.24. The first-order valence-electron chi connectivity index (χ1n) is 7.03. The molecule has 2 rings (SSSR count). The van der Waals surface area contributed by atoms with Crippen LogP contribution in [-0.2, 0) is 4.79 Å². The minimum Gasteiger partial charge on any atom is -0.350 e. The summed E-state index contributed by atoms with van der Waals surface area (Å²) in [5.74, 6) is -0.606. The molecule has 0 aliphatic rings. The van der Waals surface area contributed by atoms with Crippen LogP contribution in [0.5, 0.6) is 0 Å². The van der Waals surface area contributed by atoms with E-state index in [0.29, 0.717) is 17.0 Å². The SMILES string of the molecule is CC(C)(C)C(=O)C=C(Nc1cccc2cccnc12)C(F)(F)F. The lowest BCUT2D eigenvalue weighted by atomic mass is 9.90. The summed E-state index contributed by atoms with van der Waals surface area (Å²) < 4.78 is 39.8. The van der Waals surface area contributed by atoms with Gasteiger partial charge in [0.25, 0.3) is 0 Å². The van der Waals surface area contributed by atoms with E-state index in [1.54, 1.807) is 45.0 Å². The standard InChI is InChI=1S/C17H17F3N2O/c1-16(2,3)14(23)10-13(17(18,19)20)22-12-8-4-6-11-7-5-9-21-15(11)12/h4-10,22H,1-3H3. The fraction of sp³-hybridized carbons (Fsp3) is 0.294. The van der Waals surface area contributed by atoms with Crippen LogP contribution in [0, 0.1) is 5.41 Å². The summed E-state index contributed by atoms with van der Waals surface area (Å²) in [6, 6.07) is 8.34. The molecule has 0 radical (unpaired) electrons.